The average molecular weight is 223 g/mol. The summed E-state index contributed by atoms with van der Waals surface area (Å²) in [5.41, 5.74) is 6.84. The minimum Gasteiger partial charge on any atom is -0.384 e. The van der Waals surface area contributed by atoms with Crippen LogP contribution in [0.15, 0.2) is 18.3 Å². The van der Waals surface area contributed by atoms with Crippen LogP contribution >= 0.6 is 0 Å². The summed E-state index contributed by atoms with van der Waals surface area (Å²) in [6.45, 7) is 5.09. The Morgan fingerprint density at radius 1 is 1.56 bits per heavy atom. The number of nitrogen functional groups attached to an aromatic ring is 1. The molecule has 0 aliphatic heterocycles. The average Bonchev–Trinajstić information content (AvgIpc) is 2.27. The minimum atomic E-state index is 0.175. The lowest BCUT2D eigenvalue weighted by Gasteiger charge is -2.23. The van der Waals surface area contributed by atoms with E-state index >= 15 is 0 Å². The first kappa shape index (κ1) is 12.9. The zero-order valence-corrected chi connectivity index (χ0v) is 10.2. The first-order valence-corrected chi connectivity index (χ1v) is 5.64. The van der Waals surface area contributed by atoms with Crippen LogP contribution in [0.25, 0.3) is 0 Å². The summed E-state index contributed by atoms with van der Waals surface area (Å²) in [4.78, 5) is 3.98. The molecule has 1 rings (SSSR count). The standard InChI is InChI=1S/C12H21N3O/c1-4-14-11(9(2)16-3)7-10-5-6-15-12(13)8-10/h5-6,8-9,11,14H,4,7H2,1-3H3,(H2,13,15). The van der Waals surface area contributed by atoms with Gasteiger partial charge in [0.15, 0.2) is 0 Å². The maximum atomic E-state index is 5.65. The fraction of sp³-hybridized carbons (Fsp3) is 0.583. The van der Waals surface area contributed by atoms with Gasteiger partial charge in [0.05, 0.1) is 6.10 Å². The van der Waals surface area contributed by atoms with Crippen LogP contribution in [0.2, 0.25) is 0 Å². The van der Waals surface area contributed by atoms with E-state index in [9.17, 15) is 0 Å². The third-order valence-corrected chi connectivity index (χ3v) is 2.71. The molecule has 16 heavy (non-hydrogen) atoms. The second-order valence-corrected chi connectivity index (χ2v) is 3.90. The predicted octanol–water partition coefficient (Wildman–Crippen LogP) is 1.22. The maximum Gasteiger partial charge on any atom is 0.123 e. The van der Waals surface area contributed by atoms with Crippen molar-refractivity contribution in [3.8, 4) is 0 Å². The van der Waals surface area contributed by atoms with Gasteiger partial charge in [0, 0.05) is 19.3 Å². The number of hydrogen-bond acceptors (Lipinski definition) is 4. The number of methoxy groups -OCH3 is 1. The van der Waals surface area contributed by atoms with Crippen molar-refractivity contribution in [2.75, 3.05) is 19.4 Å². The Bertz CT molecular complexity index is 317. The van der Waals surface area contributed by atoms with Crippen LogP contribution < -0.4 is 11.1 Å². The van der Waals surface area contributed by atoms with Gasteiger partial charge in [-0.2, -0.15) is 0 Å². The number of ether oxygens (including phenoxy) is 1. The fourth-order valence-corrected chi connectivity index (χ4v) is 1.71. The molecule has 2 unspecified atom stereocenters. The Labute approximate surface area is 97.2 Å². The van der Waals surface area contributed by atoms with Gasteiger partial charge in [0.2, 0.25) is 0 Å². The highest BCUT2D eigenvalue weighted by Gasteiger charge is 2.16. The van der Waals surface area contributed by atoms with Crippen LogP contribution in [0.3, 0.4) is 0 Å². The van der Waals surface area contributed by atoms with Crippen molar-refractivity contribution >= 4 is 5.82 Å². The second kappa shape index (κ2) is 6.45. The highest BCUT2D eigenvalue weighted by Crippen LogP contribution is 2.09. The van der Waals surface area contributed by atoms with Crippen molar-refractivity contribution in [1.29, 1.82) is 0 Å². The fourth-order valence-electron chi connectivity index (χ4n) is 1.71. The monoisotopic (exact) mass is 223 g/mol. The van der Waals surface area contributed by atoms with Crippen molar-refractivity contribution in [1.82, 2.24) is 10.3 Å². The largest absolute Gasteiger partial charge is 0.384 e. The van der Waals surface area contributed by atoms with Crippen LogP contribution in [-0.4, -0.2) is 30.8 Å². The Morgan fingerprint density at radius 2 is 2.31 bits per heavy atom. The second-order valence-electron chi connectivity index (χ2n) is 3.90. The molecule has 0 bridgehead atoms. The van der Waals surface area contributed by atoms with E-state index in [1.807, 2.05) is 12.1 Å². The summed E-state index contributed by atoms with van der Waals surface area (Å²) in [5.74, 6) is 0.567. The molecule has 0 saturated heterocycles. The van der Waals surface area contributed by atoms with Crippen LogP contribution in [0, 0.1) is 0 Å². The summed E-state index contributed by atoms with van der Waals surface area (Å²) >= 11 is 0. The molecule has 0 amide bonds. The van der Waals surface area contributed by atoms with Crippen LogP contribution in [-0.2, 0) is 11.2 Å². The number of anilines is 1. The van der Waals surface area contributed by atoms with Crippen molar-refractivity contribution in [3.05, 3.63) is 23.9 Å². The van der Waals surface area contributed by atoms with E-state index in [1.165, 1.54) is 5.56 Å². The topological polar surface area (TPSA) is 60.2 Å². The number of nitrogens with zero attached hydrogens (tertiary/aromatic N) is 1. The number of nitrogens with two attached hydrogens (primary N) is 1. The molecule has 0 aromatic carbocycles. The lowest BCUT2D eigenvalue weighted by atomic mass is 10.0. The van der Waals surface area contributed by atoms with Crippen LogP contribution in [0.5, 0.6) is 0 Å². The van der Waals surface area contributed by atoms with E-state index in [1.54, 1.807) is 13.3 Å². The molecule has 1 aromatic heterocycles. The van der Waals surface area contributed by atoms with Crippen molar-refractivity contribution < 1.29 is 4.74 Å². The summed E-state index contributed by atoms with van der Waals surface area (Å²) in [7, 11) is 1.73. The maximum absolute atomic E-state index is 5.65. The highest BCUT2D eigenvalue weighted by atomic mass is 16.5. The normalized spacial score (nSPS) is 14.7. The highest BCUT2D eigenvalue weighted by molar-refractivity contribution is 5.32. The molecule has 1 aromatic rings. The van der Waals surface area contributed by atoms with Gasteiger partial charge in [0.1, 0.15) is 5.82 Å². The lowest BCUT2D eigenvalue weighted by Crippen LogP contribution is -2.41. The summed E-state index contributed by atoms with van der Waals surface area (Å²) in [5, 5.41) is 3.42. The molecule has 0 aliphatic carbocycles. The molecule has 0 aliphatic rings. The van der Waals surface area contributed by atoms with Gasteiger partial charge >= 0.3 is 0 Å². The SMILES string of the molecule is CCNC(Cc1ccnc(N)c1)C(C)OC. The molecule has 4 nitrogen and oxygen atoms in total. The number of pyridine rings is 1. The van der Waals surface area contributed by atoms with E-state index in [0.717, 1.165) is 13.0 Å². The molecule has 0 fully saturated rings. The van der Waals surface area contributed by atoms with E-state index < -0.39 is 0 Å². The summed E-state index contributed by atoms with van der Waals surface area (Å²) in [6.07, 6.45) is 2.81. The molecular formula is C12H21N3O. The number of hydrogen-bond donors (Lipinski definition) is 2. The van der Waals surface area contributed by atoms with Crippen molar-refractivity contribution in [3.63, 3.8) is 0 Å². The molecule has 3 N–H and O–H groups in total. The first-order chi connectivity index (χ1) is 7.67. The molecular weight excluding hydrogens is 202 g/mol. The van der Waals surface area contributed by atoms with Gasteiger partial charge in [-0.25, -0.2) is 4.98 Å². The Morgan fingerprint density at radius 3 is 2.88 bits per heavy atom. The zero-order chi connectivity index (χ0) is 12.0. The molecule has 2 atom stereocenters. The quantitative estimate of drug-likeness (QED) is 0.761. The smallest absolute Gasteiger partial charge is 0.123 e. The summed E-state index contributed by atoms with van der Waals surface area (Å²) in [6, 6.07) is 4.20. The van der Waals surface area contributed by atoms with Crippen LogP contribution in [0.1, 0.15) is 19.4 Å². The van der Waals surface area contributed by atoms with E-state index in [4.69, 9.17) is 10.5 Å². The zero-order valence-electron chi connectivity index (χ0n) is 10.2. The molecule has 1 heterocycles. The van der Waals surface area contributed by atoms with Gasteiger partial charge in [-0.15, -0.1) is 0 Å². The lowest BCUT2D eigenvalue weighted by molar-refractivity contribution is 0.0836. The third kappa shape index (κ3) is 3.79. The van der Waals surface area contributed by atoms with Gasteiger partial charge < -0.3 is 15.8 Å². The first-order valence-electron chi connectivity index (χ1n) is 5.64. The number of likely N-dealkylation sites (N-methyl/N-ethyl adjacent to an activating group) is 1. The molecule has 0 saturated carbocycles. The van der Waals surface area contributed by atoms with E-state index in [2.05, 4.69) is 24.1 Å². The number of nitrogens with one attached hydrogen (secondary N) is 1. The van der Waals surface area contributed by atoms with Crippen molar-refractivity contribution in [2.24, 2.45) is 0 Å². The predicted molar refractivity (Wildman–Crippen MR) is 66.3 cm³/mol. The third-order valence-electron chi connectivity index (χ3n) is 2.71. The van der Waals surface area contributed by atoms with Crippen LogP contribution in [0.4, 0.5) is 5.82 Å². The van der Waals surface area contributed by atoms with Gasteiger partial charge in [-0.1, -0.05) is 6.92 Å². The number of rotatable bonds is 6. The molecule has 4 heteroatoms. The number of aromatic nitrogens is 1. The Kier molecular flexibility index (Phi) is 5.22. The van der Waals surface area contributed by atoms with Gasteiger partial charge in [-0.3, -0.25) is 0 Å². The Hall–Kier alpha value is -1.13. The van der Waals surface area contributed by atoms with Gasteiger partial charge in [-0.05, 0) is 37.6 Å². The van der Waals surface area contributed by atoms with Crippen molar-refractivity contribution in [2.45, 2.75) is 32.4 Å². The Balaban J connectivity index is 2.67. The van der Waals surface area contributed by atoms with E-state index in [-0.39, 0.29) is 6.10 Å². The molecule has 0 spiro atoms. The summed E-state index contributed by atoms with van der Waals surface area (Å²) < 4.78 is 5.36. The molecule has 90 valence electrons. The minimum absolute atomic E-state index is 0.175. The van der Waals surface area contributed by atoms with Gasteiger partial charge in [0.25, 0.3) is 0 Å². The van der Waals surface area contributed by atoms with E-state index in [0.29, 0.717) is 11.9 Å². The molecule has 0 radical (unpaired) electrons.